The first kappa shape index (κ1) is 17.5. The Bertz CT molecular complexity index is 1120. The maximum Gasteiger partial charge on any atom is 0.269 e. The van der Waals surface area contributed by atoms with E-state index in [-0.39, 0.29) is 11.4 Å². The highest BCUT2D eigenvalue weighted by Gasteiger charge is 2.17. The third-order valence-corrected chi connectivity index (χ3v) is 4.71. The van der Waals surface area contributed by atoms with E-state index in [2.05, 4.69) is 0 Å². The molecule has 4 nitrogen and oxygen atoms in total. The van der Waals surface area contributed by atoms with Gasteiger partial charge in [0, 0.05) is 23.3 Å². The van der Waals surface area contributed by atoms with Gasteiger partial charge < -0.3 is 5.11 Å². The van der Waals surface area contributed by atoms with Crippen LogP contribution < -0.4 is 0 Å². The third-order valence-electron chi connectivity index (χ3n) is 4.71. The molecule has 4 aromatic carbocycles. The van der Waals surface area contributed by atoms with E-state index in [0.717, 1.165) is 27.8 Å². The molecule has 0 unspecified atom stereocenters. The van der Waals surface area contributed by atoms with Crippen LogP contribution in [0, 0.1) is 10.1 Å². The molecule has 0 bridgehead atoms. The molecule has 0 saturated heterocycles. The smallest absolute Gasteiger partial charge is 0.269 e. The number of hydrogen-bond acceptors (Lipinski definition) is 3. The topological polar surface area (TPSA) is 63.4 Å². The Labute approximate surface area is 162 Å². The summed E-state index contributed by atoms with van der Waals surface area (Å²) in [6.45, 7) is 0. The van der Waals surface area contributed by atoms with Crippen molar-refractivity contribution in [3.8, 4) is 39.1 Å². The van der Waals surface area contributed by atoms with Gasteiger partial charge in [0.2, 0.25) is 0 Å². The number of phenolic OH excluding ortho intramolecular Hbond substituents is 1. The first-order valence-corrected chi connectivity index (χ1v) is 8.87. The SMILES string of the molecule is O=[N+]([O-])c1ccc(-c2ccc(-c3ccccc3)c(O)c2-c2ccccc2)cc1. The Kier molecular flexibility index (Phi) is 4.60. The number of rotatable bonds is 4. The lowest BCUT2D eigenvalue weighted by atomic mass is 9.90. The van der Waals surface area contributed by atoms with Crippen LogP contribution in [0.2, 0.25) is 0 Å². The lowest BCUT2D eigenvalue weighted by molar-refractivity contribution is -0.384. The first-order valence-electron chi connectivity index (χ1n) is 8.87. The Hall–Kier alpha value is -3.92. The van der Waals surface area contributed by atoms with Crippen LogP contribution in [0.5, 0.6) is 5.75 Å². The molecule has 1 N–H and O–H groups in total. The highest BCUT2D eigenvalue weighted by atomic mass is 16.6. The zero-order chi connectivity index (χ0) is 19.5. The summed E-state index contributed by atoms with van der Waals surface area (Å²) in [4.78, 5) is 10.5. The second kappa shape index (κ2) is 7.37. The molecule has 0 atom stereocenters. The fourth-order valence-electron chi connectivity index (χ4n) is 3.34. The predicted octanol–water partition coefficient (Wildman–Crippen LogP) is 6.30. The average molecular weight is 367 g/mol. The van der Waals surface area contributed by atoms with Crippen LogP contribution in [0.15, 0.2) is 97.1 Å². The zero-order valence-electron chi connectivity index (χ0n) is 14.9. The number of nitro benzene ring substituents is 1. The summed E-state index contributed by atoms with van der Waals surface area (Å²) in [5.41, 5.74) is 4.91. The van der Waals surface area contributed by atoms with E-state index in [1.54, 1.807) is 12.1 Å². The number of phenols is 1. The summed E-state index contributed by atoms with van der Waals surface area (Å²) >= 11 is 0. The molecular weight excluding hydrogens is 350 g/mol. The van der Waals surface area contributed by atoms with Crippen molar-refractivity contribution >= 4 is 5.69 Å². The van der Waals surface area contributed by atoms with E-state index in [9.17, 15) is 15.2 Å². The molecule has 0 heterocycles. The van der Waals surface area contributed by atoms with E-state index in [0.29, 0.717) is 5.56 Å². The minimum atomic E-state index is -0.419. The normalized spacial score (nSPS) is 10.6. The van der Waals surface area contributed by atoms with Gasteiger partial charge in [0.25, 0.3) is 5.69 Å². The minimum absolute atomic E-state index is 0.0372. The Morgan fingerprint density at radius 2 is 1.11 bits per heavy atom. The number of hydrogen-bond donors (Lipinski definition) is 1. The second-order valence-corrected chi connectivity index (χ2v) is 6.42. The molecule has 4 rings (SSSR count). The van der Waals surface area contributed by atoms with Gasteiger partial charge >= 0.3 is 0 Å². The monoisotopic (exact) mass is 367 g/mol. The van der Waals surface area contributed by atoms with E-state index < -0.39 is 4.92 Å². The first-order chi connectivity index (χ1) is 13.6. The number of nitrogens with zero attached hydrogens (tertiary/aromatic N) is 1. The van der Waals surface area contributed by atoms with Gasteiger partial charge in [-0.1, -0.05) is 66.7 Å². The van der Waals surface area contributed by atoms with Crippen molar-refractivity contribution in [3.63, 3.8) is 0 Å². The molecule has 0 aromatic heterocycles. The molecule has 0 aliphatic heterocycles. The van der Waals surface area contributed by atoms with Crippen LogP contribution in [0.25, 0.3) is 33.4 Å². The van der Waals surface area contributed by atoms with Gasteiger partial charge in [0.05, 0.1) is 4.92 Å². The summed E-state index contributed by atoms with van der Waals surface area (Å²) < 4.78 is 0. The third kappa shape index (κ3) is 3.23. The molecule has 0 aliphatic carbocycles. The van der Waals surface area contributed by atoms with Crippen molar-refractivity contribution in [3.05, 3.63) is 107 Å². The molecule has 4 heteroatoms. The van der Waals surface area contributed by atoms with Gasteiger partial charge in [-0.3, -0.25) is 10.1 Å². The van der Waals surface area contributed by atoms with Gasteiger partial charge in [-0.25, -0.2) is 0 Å². The molecule has 0 amide bonds. The fourth-order valence-corrected chi connectivity index (χ4v) is 3.34. The zero-order valence-corrected chi connectivity index (χ0v) is 14.9. The highest BCUT2D eigenvalue weighted by Crippen LogP contribution is 2.44. The maximum atomic E-state index is 11.2. The summed E-state index contributed by atoms with van der Waals surface area (Å²) in [5.74, 6) is 0.188. The van der Waals surface area contributed by atoms with E-state index >= 15 is 0 Å². The van der Waals surface area contributed by atoms with Gasteiger partial charge in [0.1, 0.15) is 5.75 Å². The van der Waals surface area contributed by atoms with E-state index in [1.165, 1.54) is 12.1 Å². The van der Waals surface area contributed by atoms with Crippen molar-refractivity contribution in [1.29, 1.82) is 0 Å². The van der Waals surface area contributed by atoms with Crippen molar-refractivity contribution in [2.45, 2.75) is 0 Å². The highest BCUT2D eigenvalue weighted by molar-refractivity contribution is 5.93. The van der Waals surface area contributed by atoms with Crippen LogP contribution >= 0.6 is 0 Å². The maximum absolute atomic E-state index is 11.2. The van der Waals surface area contributed by atoms with Crippen LogP contribution in [-0.2, 0) is 0 Å². The quantitative estimate of drug-likeness (QED) is 0.340. The van der Waals surface area contributed by atoms with Crippen LogP contribution in [0.4, 0.5) is 5.69 Å². The summed E-state index contributed by atoms with van der Waals surface area (Å²) in [6, 6.07) is 29.6. The molecule has 0 spiro atoms. The minimum Gasteiger partial charge on any atom is -0.507 e. The van der Waals surface area contributed by atoms with Crippen molar-refractivity contribution in [2.75, 3.05) is 0 Å². The number of benzene rings is 4. The van der Waals surface area contributed by atoms with Gasteiger partial charge in [-0.05, 0) is 40.5 Å². The van der Waals surface area contributed by atoms with E-state index in [1.807, 2.05) is 72.8 Å². The number of nitro groups is 1. The van der Waals surface area contributed by atoms with Crippen molar-refractivity contribution in [1.82, 2.24) is 0 Å². The Balaban J connectivity index is 1.94. The van der Waals surface area contributed by atoms with Crippen LogP contribution in [0.3, 0.4) is 0 Å². The summed E-state index contributed by atoms with van der Waals surface area (Å²) in [5, 5.41) is 22.1. The average Bonchev–Trinajstić information content (AvgIpc) is 2.75. The number of non-ortho nitro benzene ring substituents is 1. The number of aromatic hydroxyl groups is 1. The lowest BCUT2D eigenvalue weighted by Crippen LogP contribution is -1.91. The van der Waals surface area contributed by atoms with Crippen molar-refractivity contribution < 1.29 is 10.0 Å². The molecule has 28 heavy (non-hydrogen) atoms. The molecular formula is C24H17NO3. The Morgan fingerprint density at radius 3 is 1.68 bits per heavy atom. The van der Waals surface area contributed by atoms with Gasteiger partial charge in [-0.15, -0.1) is 0 Å². The summed E-state index contributed by atoms with van der Waals surface area (Å²) in [7, 11) is 0. The van der Waals surface area contributed by atoms with Gasteiger partial charge in [-0.2, -0.15) is 0 Å². The molecule has 0 radical (unpaired) electrons. The van der Waals surface area contributed by atoms with Crippen LogP contribution in [0.1, 0.15) is 0 Å². The Morgan fingerprint density at radius 1 is 0.607 bits per heavy atom. The van der Waals surface area contributed by atoms with Gasteiger partial charge in [0.15, 0.2) is 0 Å². The molecule has 136 valence electrons. The largest absolute Gasteiger partial charge is 0.507 e. The molecule has 0 saturated carbocycles. The van der Waals surface area contributed by atoms with Crippen molar-refractivity contribution in [2.24, 2.45) is 0 Å². The molecule has 4 aromatic rings. The lowest BCUT2D eigenvalue weighted by Gasteiger charge is -2.16. The molecule has 0 aliphatic rings. The predicted molar refractivity (Wildman–Crippen MR) is 111 cm³/mol. The van der Waals surface area contributed by atoms with E-state index in [4.69, 9.17) is 0 Å². The van der Waals surface area contributed by atoms with Crippen LogP contribution in [-0.4, -0.2) is 10.0 Å². The second-order valence-electron chi connectivity index (χ2n) is 6.42. The fraction of sp³-hybridized carbons (Fsp3) is 0. The standard InChI is InChI=1S/C24H17NO3/c26-24-22(17-7-3-1-4-8-17)16-15-21(23(24)19-9-5-2-6-10-19)18-11-13-20(14-12-18)25(27)28/h1-16,26H. The summed E-state index contributed by atoms with van der Waals surface area (Å²) in [6.07, 6.45) is 0. The molecule has 0 fully saturated rings.